The van der Waals surface area contributed by atoms with Gasteiger partial charge in [-0.25, -0.2) is 19.9 Å². The molecule has 5 heterocycles. The first-order chi connectivity index (χ1) is 17.6. The van der Waals surface area contributed by atoms with Crippen molar-refractivity contribution in [3.05, 3.63) is 98.1 Å². The molecule has 4 aromatic rings. The molecule has 8 heteroatoms. The van der Waals surface area contributed by atoms with Crippen molar-refractivity contribution >= 4 is 46.5 Å². The summed E-state index contributed by atoms with van der Waals surface area (Å²) in [6, 6.07) is 23.7. The molecule has 1 aliphatic rings. The first kappa shape index (κ1) is 23.0. The van der Waals surface area contributed by atoms with Gasteiger partial charge in [-0.2, -0.15) is 0 Å². The highest BCUT2D eigenvalue weighted by molar-refractivity contribution is 5.68. The van der Waals surface area contributed by atoms with E-state index in [1.54, 1.807) is 0 Å². The maximum Gasteiger partial charge on any atom is 0.136 e. The Kier molecular flexibility index (Phi) is 6.32. The van der Waals surface area contributed by atoms with Gasteiger partial charge in [0.05, 0.1) is 0 Å². The Labute approximate surface area is 211 Å². The average Bonchev–Trinajstić information content (AvgIpc) is 2.93. The minimum Gasteiger partial charge on any atom is -0.314 e. The van der Waals surface area contributed by atoms with E-state index in [0.29, 0.717) is 13.1 Å². The van der Waals surface area contributed by atoms with E-state index in [4.69, 9.17) is 19.9 Å². The third-order valence-corrected chi connectivity index (χ3v) is 5.98. The van der Waals surface area contributed by atoms with Crippen LogP contribution in [0.3, 0.4) is 0 Å². The summed E-state index contributed by atoms with van der Waals surface area (Å²) in [5, 5.41) is 0. The van der Waals surface area contributed by atoms with E-state index >= 15 is 0 Å². The van der Waals surface area contributed by atoms with Crippen LogP contribution in [0.15, 0.2) is 98.1 Å². The Morgan fingerprint density at radius 3 is 1.00 bits per heavy atom. The van der Waals surface area contributed by atoms with Gasteiger partial charge in [0.1, 0.15) is 46.5 Å². The van der Waals surface area contributed by atoms with Crippen molar-refractivity contribution in [3.63, 3.8) is 0 Å². The fourth-order valence-electron chi connectivity index (χ4n) is 4.10. The number of hydrogen-bond donors (Lipinski definition) is 0. The first-order valence-electron chi connectivity index (χ1n) is 11.7. The summed E-state index contributed by atoms with van der Waals surface area (Å²) < 4.78 is 0. The standard InChI is InChI=1S/C28H28N8/c1-5-19-35-25-15-7-11-21(29-25)33(3)23-13-9-17-27(31-23)36(20-6-2)28-18-10-14-24(32-28)34(4)22-12-8-16-26(35)30-22/h5-18H,1-2,19-20H2,3-4H3. The van der Waals surface area contributed by atoms with E-state index in [9.17, 15) is 0 Å². The van der Waals surface area contributed by atoms with Crippen molar-refractivity contribution in [2.45, 2.75) is 0 Å². The van der Waals surface area contributed by atoms with Crippen LogP contribution in [0, 0.1) is 0 Å². The molecule has 0 saturated heterocycles. The molecular weight excluding hydrogens is 448 g/mol. The van der Waals surface area contributed by atoms with Gasteiger partial charge in [0.15, 0.2) is 0 Å². The molecule has 0 N–H and O–H groups in total. The summed E-state index contributed by atoms with van der Waals surface area (Å²) in [6.45, 7) is 9.01. The van der Waals surface area contributed by atoms with Crippen LogP contribution in [0.4, 0.5) is 46.5 Å². The molecule has 0 saturated carbocycles. The lowest BCUT2D eigenvalue weighted by molar-refractivity contribution is 0.962. The van der Waals surface area contributed by atoms with Gasteiger partial charge in [-0.05, 0) is 48.5 Å². The Morgan fingerprint density at radius 1 is 0.500 bits per heavy atom. The van der Waals surface area contributed by atoms with E-state index < -0.39 is 0 Å². The summed E-state index contributed by atoms with van der Waals surface area (Å²) in [6.07, 6.45) is 3.69. The Balaban J connectivity index is 1.74. The second kappa shape index (κ2) is 9.87. The van der Waals surface area contributed by atoms with Crippen molar-refractivity contribution in [2.24, 2.45) is 0 Å². The van der Waals surface area contributed by atoms with Gasteiger partial charge in [0, 0.05) is 27.2 Å². The molecule has 36 heavy (non-hydrogen) atoms. The molecule has 8 bridgehead atoms. The van der Waals surface area contributed by atoms with Gasteiger partial charge in [-0.3, -0.25) is 0 Å². The van der Waals surface area contributed by atoms with E-state index in [1.807, 2.05) is 119 Å². The molecule has 0 amide bonds. The van der Waals surface area contributed by atoms with Crippen molar-refractivity contribution < 1.29 is 0 Å². The Bertz CT molecular complexity index is 1200. The van der Waals surface area contributed by atoms with E-state index in [1.165, 1.54) is 0 Å². The highest BCUT2D eigenvalue weighted by atomic mass is 15.3. The van der Waals surface area contributed by atoms with E-state index in [-0.39, 0.29) is 0 Å². The van der Waals surface area contributed by atoms with Gasteiger partial charge in [0.25, 0.3) is 0 Å². The van der Waals surface area contributed by atoms with Gasteiger partial charge >= 0.3 is 0 Å². The average molecular weight is 477 g/mol. The topological polar surface area (TPSA) is 64.5 Å². The highest BCUT2D eigenvalue weighted by Gasteiger charge is 2.19. The molecule has 0 aromatic carbocycles. The normalized spacial score (nSPS) is 12.9. The molecule has 0 fully saturated rings. The third kappa shape index (κ3) is 4.36. The lowest BCUT2D eigenvalue weighted by Crippen LogP contribution is -2.24. The maximum absolute atomic E-state index is 4.96. The molecule has 0 unspecified atom stereocenters. The molecule has 0 atom stereocenters. The smallest absolute Gasteiger partial charge is 0.136 e. The predicted octanol–water partition coefficient (Wildman–Crippen LogP) is 5.76. The third-order valence-electron chi connectivity index (χ3n) is 5.98. The monoisotopic (exact) mass is 476 g/mol. The molecule has 4 aromatic heterocycles. The number of nitrogens with zero attached hydrogens (tertiary/aromatic N) is 8. The molecule has 0 aliphatic carbocycles. The Morgan fingerprint density at radius 2 is 0.750 bits per heavy atom. The molecule has 0 spiro atoms. The van der Waals surface area contributed by atoms with Crippen LogP contribution < -0.4 is 19.6 Å². The van der Waals surface area contributed by atoms with Crippen molar-refractivity contribution in [3.8, 4) is 0 Å². The van der Waals surface area contributed by atoms with Crippen LogP contribution in [0.2, 0.25) is 0 Å². The summed E-state index contributed by atoms with van der Waals surface area (Å²) in [5.41, 5.74) is 0. The molecule has 180 valence electrons. The van der Waals surface area contributed by atoms with Gasteiger partial charge < -0.3 is 19.6 Å². The number of aromatic nitrogens is 4. The van der Waals surface area contributed by atoms with Crippen molar-refractivity contribution in [1.29, 1.82) is 0 Å². The number of rotatable bonds is 4. The van der Waals surface area contributed by atoms with Gasteiger partial charge in [0.2, 0.25) is 0 Å². The minimum atomic E-state index is 0.554. The van der Waals surface area contributed by atoms with Crippen molar-refractivity contribution in [1.82, 2.24) is 19.9 Å². The fraction of sp³-hybridized carbons (Fsp3) is 0.143. The largest absolute Gasteiger partial charge is 0.314 e. The lowest BCUT2D eigenvalue weighted by Gasteiger charge is -2.27. The summed E-state index contributed by atoms with van der Waals surface area (Å²) in [4.78, 5) is 27.8. The molecule has 0 radical (unpaired) electrons. The molecular formula is C28H28N8. The summed E-state index contributed by atoms with van der Waals surface area (Å²) >= 11 is 0. The number of hydrogen-bond acceptors (Lipinski definition) is 8. The zero-order valence-electron chi connectivity index (χ0n) is 20.5. The van der Waals surface area contributed by atoms with Crippen LogP contribution in [0.25, 0.3) is 0 Å². The summed E-state index contributed by atoms with van der Waals surface area (Å²) in [5.74, 6) is 6.13. The summed E-state index contributed by atoms with van der Waals surface area (Å²) in [7, 11) is 3.92. The highest BCUT2D eigenvalue weighted by Crippen LogP contribution is 2.32. The molecule has 5 rings (SSSR count). The number of fused-ring (bicyclic) bond motifs is 8. The van der Waals surface area contributed by atoms with Crippen LogP contribution in [-0.2, 0) is 0 Å². The second-order valence-corrected chi connectivity index (χ2v) is 8.33. The first-order valence-corrected chi connectivity index (χ1v) is 11.7. The fourth-order valence-corrected chi connectivity index (χ4v) is 4.10. The van der Waals surface area contributed by atoms with Crippen LogP contribution >= 0.6 is 0 Å². The lowest BCUT2D eigenvalue weighted by atomic mass is 10.3. The SMILES string of the molecule is C=CCN1c2cccc(n2)N(C)c2cccc(n2)N(CC=C)c2cccc(n2)N(C)c2cccc1n2. The van der Waals surface area contributed by atoms with E-state index in [0.717, 1.165) is 46.5 Å². The maximum atomic E-state index is 4.96. The molecule has 8 nitrogen and oxygen atoms in total. The Hall–Kier alpha value is -4.72. The number of anilines is 8. The zero-order chi connectivity index (χ0) is 25.1. The quantitative estimate of drug-likeness (QED) is 0.344. The van der Waals surface area contributed by atoms with Gasteiger partial charge in [-0.1, -0.05) is 36.4 Å². The van der Waals surface area contributed by atoms with Crippen LogP contribution in [-0.4, -0.2) is 47.1 Å². The minimum absolute atomic E-state index is 0.554. The molecule has 1 aliphatic heterocycles. The van der Waals surface area contributed by atoms with Crippen LogP contribution in [0.1, 0.15) is 0 Å². The predicted molar refractivity (Wildman–Crippen MR) is 147 cm³/mol. The van der Waals surface area contributed by atoms with Crippen LogP contribution in [0.5, 0.6) is 0 Å². The number of pyridine rings is 4. The van der Waals surface area contributed by atoms with E-state index in [2.05, 4.69) is 13.2 Å². The second-order valence-electron chi connectivity index (χ2n) is 8.33. The van der Waals surface area contributed by atoms with Crippen molar-refractivity contribution in [2.75, 3.05) is 46.8 Å². The van der Waals surface area contributed by atoms with Gasteiger partial charge in [-0.15, -0.1) is 13.2 Å². The zero-order valence-corrected chi connectivity index (χ0v) is 20.5.